The third-order valence-electron chi connectivity index (χ3n) is 5.39. The maximum absolute atomic E-state index is 13.6. The molecule has 32 heavy (non-hydrogen) atoms. The second-order valence-electron chi connectivity index (χ2n) is 7.36. The van der Waals surface area contributed by atoms with Crippen LogP contribution in [0.4, 0.5) is 0 Å². The highest BCUT2D eigenvalue weighted by molar-refractivity contribution is 6.31. The number of ether oxygens (including phenoxy) is 1. The molecule has 9 nitrogen and oxygen atoms in total. The highest BCUT2D eigenvalue weighted by Gasteiger charge is 2.30. The predicted octanol–water partition coefficient (Wildman–Crippen LogP) is 2.59. The van der Waals surface area contributed by atoms with Crippen LogP contribution in [0, 0.1) is 0 Å². The fraction of sp³-hybridized carbons (Fsp3) is 0.227. The quantitative estimate of drug-likeness (QED) is 0.465. The van der Waals surface area contributed by atoms with E-state index in [-0.39, 0.29) is 11.9 Å². The molecular weight excluding hydrogens is 430 g/mol. The first-order valence-electron chi connectivity index (χ1n) is 10.2. The molecule has 1 amide bonds. The molecule has 3 heterocycles. The van der Waals surface area contributed by atoms with E-state index in [2.05, 4.69) is 20.4 Å². The summed E-state index contributed by atoms with van der Waals surface area (Å²) in [5.74, 6) is -0.0905. The van der Waals surface area contributed by atoms with Gasteiger partial charge in [0.15, 0.2) is 0 Å². The SMILES string of the molecule is O=C(c1ccccc1-n1nccn1)N1CCOCC1Cc1cc(-n2nccn2)ccc1Cl. The minimum atomic E-state index is -0.173. The van der Waals surface area contributed by atoms with Gasteiger partial charge in [-0.3, -0.25) is 4.79 Å². The molecule has 1 unspecified atom stereocenters. The predicted molar refractivity (Wildman–Crippen MR) is 117 cm³/mol. The summed E-state index contributed by atoms with van der Waals surface area (Å²) < 4.78 is 5.72. The maximum Gasteiger partial charge on any atom is 0.256 e. The zero-order chi connectivity index (χ0) is 21.9. The third kappa shape index (κ3) is 4.00. The minimum absolute atomic E-state index is 0.0905. The Labute approximate surface area is 189 Å². The van der Waals surface area contributed by atoms with Gasteiger partial charge < -0.3 is 9.64 Å². The summed E-state index contributed by atoms with van der Waals surface area (Å²) in [6.07, 6.45) is 6.96. The van der Waals surface area contributed by atoms with E-state index < -0.39 is 0 Å². The van der Waals surface area contributed by atoms with E-state index in [1.807, 2.05) is 41.3 Å². The van der Waals surface area contributed by atoms with Crippen LogP contribution in [-0.4, -0.2) is 66.6 Å². The topological polar surface area (TPSA) is 91.0 Å². The Kier molecular flexibility index (Phi) is 5.66. The summed E-state index contributed by atoms with van der Waals surface area (Å²) in [6.45, 7) is 1.40. The van der Waals surface area contributed by atoms with Gasteiger partial charge in [-0.05, 0) is 42.3 Å². The Morgan fingerprint density at radius 1 is 1.00 bits per heavy atom. The number of carbonyl (C=O) groups is 1. The van der Waals surface area contributed by atoms with Crippen LogP contribution in [0.25, 0.3) is 11.4 Å². The van der Waals surface area contributed by atoms with Gasteiger partial charge in [0.05, 0.1) is 61.0 Å². The van der Waals surface area contributed by atoms with Gasteiger partial charge >= 0.3 is 0 Å². The molecule has 2 aromatic carbocycles. The molecule has 0 bridgehead atoms. The summed E-state index contributed by atoms with van der Waals surface area (Å²) in [5, 5.41) is 17.4. The molecule has 1 fully saturated rings. The van der Waals surface area contributed by atoms with Gasteiger partial charge in [-0.25, -0.2) is 0 Å². The Morgan fingerprint density at radius 2 is 1.72 bits per heavy atom. The van der Waals surface area contributed by atoms with Crippen LogP contribution in [0.3, 0.4) is 0 Å². The van der Waals surface area contributed by atoms with Crippen molar-refractivity contribution in [3.63, 3.8) is 0 Å². The molecule has 5 rings (SSSR count). The Hall–Kier alpha value is -3.56. The molecule has 1 atom stereocenters. The molecule has 0 spiro atoms. The molecule has 10 heteroatoms. The van der Waals surface area contributed by atoms with Crippen molar-refractivity contribution in [3.05, 3.63) is 83.4 Å². The second kappa shape index (κ2) is 8.89. The number of halogens is 1. The lowest BCUT2D eigenvalue weighted by atomic mass is 10.0. The Balaban J connectivity index is 1.44. The molecule has 0 aliphatic carbocycles. The van der Waals surface area contributed by atoms with E-state index in [1.54, 1.807) is 30.9 Å². The van der Waals surface area contributed by atoms with E-state index in [4.69, 9.17) is 16.3 Å². The average molecular weight is 450 g/mol. The lowest BCUT2D eigenvalue weighted by molar-refractivity contribution is -0.00164. The van der Waals surface area contributed by atoms with E-state index in [9.17, 15) is 4.79 Å². The number of aromatic nitrogens is 6. The molecule has 4 aromatic rings. The van der Waals surface area contributed by atoms with Gasteiger partial charge in [0, 0.05) is 11.6 Å². The third-order valence-corrected chi connectivity index (χ3v) is 5.76. The first-order chi connectivity index (χ1) is 15.7. The monoisotopic (exact) mass is 449 g/mol. The van der Waals surface area contributed by atoms with E-state index in [0.29, 0.717) is 42.5 Å². The number of carbonyl (C=O) groups excluding carboxylic acids is 1. The summed E-state index contributed by atoms with van der Waals surface area (Å²) in [7, 11) is 0. The summed E-state index contributed by atoms with van der Waals surface area (Å²) in [4.78, 5) is 18.4. The number of hydrogen-bond acceptors (Lipinski definition) is 6. The molecule has 1 aliphatic heterocycles. The fourth-order valence-corrected chi connectivity index (χ4v) is 4.05. The van der Waals surface area contributed by atoms with Crippen molar-refractivity contribution in [2.24, 2.45) is 0 Å². The summed E-state index contributed by atoms with van der Waals surface area (Å²) in [5.41, 5.74) is 2.88. The van der Waals surface area contributed by atoms with Crippen LogP contribution >= 0.6 is 11.6 Å². The van der Waals surface area contributed by atoms with Crippen molar-refractivity contribution in [1.29, 1.82) is 0 Å². The van der Waals surface area contributed by atoms with Gasteiger partial charge in [-0.1, -0.05) is 23.7 Å². The van der Waals surface area contributed by atoms with Crippen molar-refractivity contribution in [2.45, 2.75) is 12.5 Å². The van der Waals surface area contributed by atoms with Gasteiger partial charge in [0.1, 0.15) is 0 Å². The van der Waals surface area contributed by atoms with Gasteiger partial charge in [-0.15, -0.1) is 0 Å². The molecule has 0 saturated carbocycles. The first kappa shape index (κ1) is 20.3. The van der Waals surface area contributed by atoms with Crippen molar-refractivity contribution < 1.29 is 9.53 Å². The van der Waals surface area contributed by atoms with E-state index in [1.165, 1.54) is 9.59 Å². The molecule has 0 radical (unpaired) electrons. The van der Waals surface area contributed by atoms with Crippen LogP contribution in [0.2, 0.25) is 5.02 Å². The molecule has 162 valence electrons. The number of benzene rings is 2. The van der Waals surface area contributed by atoms with Crippen molar-refractivity contribution in [2.75, 3.05) is 19.8 Å². The lowest BCUT2D eigenvalue weighted by Gasteiger charge is -2.36. The molecule has 1 aliphatic rings. The second-order valence-corrected chi connectivity index (χ2v) is 7.77. The number of para-hydroxylation sites is 1. The number of morpholine rings is 1. The van der Waals surface area contributed by atoms with Crippen LogP contribution in [0.15, 0.2) is 67.3 Å². The maximum atomic E-state index is 13.6. The van der Waals surface area contributed by atoms with Crippen molar-refractivity contribution in [1.82, 2.24) is 34.9 Å². The number of hydrogen-bond donors (Lipinski definition) is 0. The number of nitrogens with zero attached hydrogens (tertiary/aromatic N) is 7. The molecule has 1 saturated heterocycles. The van der Waals surface area contributed by atoms with Crippen LogP contribution < -0.4 is 0 Å². The molecule has 2 aromatic heterocycles. The average Bonchev–Trinajstić information content (AvgIpc) is 3.55. The Morgan fingerprint density at radius 3 is 2.50 bits per heavy atom. The standard InChI is InChI=1S/C22H20ClN7O2/c23-20-6-5-17(29-24-7-8-25-29)13-16(20)14-18-15-32-12-11-28(18)22(31)19-3-1-2-4-21(19)30-26-9-10-27-30/h1-10,13,18H,11-12,14-15H2. The van der Waals surface area contributed by atoms with E-state index in [0.717, 1.165) is 11.3 Å². The van der Waals surface area contributed by atoms with Crippen LogP contribution in [0.5, 0.6) is 0 Å². The van der Waals surface area contributed by atoms with E-state index >= 15 is 0 Å². The summed E-state index contributed by atoms with van der Waals surface area (Å²) in [6, 6.07) is 12.8. The van der Waals surface area contributed by atoms with Crippen LogP contribution in [-0.2, 0) is 11.2 Å². The largest absolute Gasteiger partial charge is 0.377 e. The fourth-order valence-electron chi connectivity index (χ4n) is 3.86. The lowest BCUT2D eigenvalue weighted by Crippen LogP contribution is -2.50. The van der Waals surface area contributed by atoms with Crippen molar-refractivity contribution in [3.8, 4) is 11.4 Å². The first-order valence-corrected chi connectivity index (χ1v) is 10.6. The molecular formula is C22H20ClN7O2. The van der Waals surface area contributed by atoms with Gasteiger partial charge in [-0.2, -0.15) is 30.0 Å². The highest BCUT2D eigenvalue weighted by Crippen LogP contribution is 2.25. The normalized spacial score (nSPS) is 16.3. The highest BCUT2D eigenvalue weighted by atomic mass is 35.5. The zero-order valence-electron chi connectivity index (χ0n) is 17.1. The van der Waals surface area contributed by atoms with Crippen molar-refractivity contribution >= 4 is 17.5 Å². The smallest absolute Gasteiger partial charge is 0.256 e. The number of amides is 1. The minimum Gasteiger partial charge on any atom is -0.377 e. The van der Waals surface area contributed by atoms with Gasteiger partial charge in [0.2, 0.25) is 0 Å². The zero-order valence-corrected chi connectivity index (χ0v) is 17.8. The Bertz CT molecular complexity index is 1210. The molecule has 0 N–H and O–H groups in total. The van der Waals surface area contributed by atoms with Crippen LogP contribution in [0.1, 0.15) is 15.9 Å². The summed E-state index contributed by atoms with van der Waals surface area (Å²) >= 11 is 6.50. The van der Waals surface area contributed by atoms with Gasteiger partial charge in [0.25, 0.3) is 5.91 Å². The number of rotatable bonds is 5.